The third-order valence-corrected chi connectivity index (χ3v) is 6.73. The Kier molecular flexibility index (Phi) is 5.75. The van der Waals surface area contributed by atoms with Crippen molar-refractivity contribution in [3.8, 4) is 0 Å². The number of nitrogens with zero attached hydrogens (tertiary/aromatic N) is 5. The first-order chi connectivity index (χ1) is 14.5. The zero-order valence-corrected chi connectivity index (χ0v) is 17.2. The third-order valence-electron chi connectivity index (χ3n) is 4.84. The normalized spacial score (nSPS) is 15.4. The molecule has 4 rings (SSSR count). The Balaban J connectivity index is 1.51. The molecule has 0 radical (unpaired) electrons. The molecule has 3 heterocycles. The summed E-state index contributed by atoms with van der Waals surface area (Å²) in [4.78, 5) is 20.9. The molecule has 11 heteroatoms. The second-order valence-corrected chi connectivity index (χ2v) is 8.62. The maximum Gasteiger partial charge on any atom is 0.341 e. The first-order valence-corrected chi connectivity index (χ1v) is 11.0. The van der Waals surface area contributed by atoms with Gasteiger partial charge in [-0.25, -0.2) is 22.7 Å². The lowest BCUT2D eigenvalue weighted by molar-refractivity contribution is 0.0469. The van der Waals surface area contributed by atoms with Crippen LogP contribution in [0.4, 0.5) is 0 Å². The Morgan fingerprint density at radius 1 is 1.23 bits per heavy atom. The van der Waals surface area contributed by atoms with Gasteiger partial charge in [-0.1, -0.05) is 19.1 Å². The number of ether oxygens (including phenoxy) is 2. The van der Waals surface area contributed by atoms with Crippen molar-refractivity contribution in [2.45, 2.75) is 24.8 Å². The van der Waals surface area contributed by atoms with Gasteiger partial charge in [0.1, 0.15) is 12.9 Å². The molecule has 0 atom stereocenters. The highest BCUT2D eigenvalue weighted by atomic mass is 32.2. The van der Waals surface area contributed by atoms with Crippen molar-refractivity contribution in [1.82, 2.24) is 23.9 Å². The summed E-state index contributed by atoms with van der Waals surface area (Å²) >= 11 is 0. The fraction of sp³-hybridized carbons (Fsp3) is 0.368. The van der Waals surface area contributed by atoms with Gasteiger partial charge in [0.15, 0.2) is 0 Å². The Hall–Kier alpha value is -2.89. The summed E-state index contributed by atoms with van der Waals surface area (Å²) in [6, 6.07) is 6.41. The third kappa shape index (κ3) is 3.91. The van der Waals surface area contributed by atoms with Crippen LogP contribution < -0.4 is 0 Å². The van der Waals surface area contributed by atoms with Crippen LogP contribution in [0.25, 0.3) is 5.78 Å². The number of aromatic nitrogens is 4. The zero-order chi connectivity index (χ0) is 21.1. The number of sulfonamides is 1. The molecule has 0 aliphatic carbocycles. The molecule has 0 N–H and O–H groups in total. The summed E-state index contributed by atoms with van der Waals surface area (Å²) in [5, 5.41) is 4.09. The van der Waals surface area contributed by atoms with E-state index >= 15 is 0 Å². The van der Waals surface area contributed by atoms with Crippen molar-refractivity contribution in [2.75, 3.05) is 26.3 Å². The number of aryl methyl sites for hydroxylation is 1. The van der Waals surface area contributed by atoms with E-state index in [1.807, 2.05) is 6.92 Å². The van der Waals surface area contributed by atoms with Gasteiger partial charge in [-0.15, -0.1) is 0 Å². The summed E-state index contributed by atoms with van der Waals surface area (Å²) in [5.74, 6) is -0.150. The number of hydrogen-bond acceptors (Lipinski definition) is 8. The largest absolute Gasteiger partial charge is 0.457 e. The molecule has 0 amide bonds. The van der Waals surface area contributed by atoms with E-state index in [0.29, 0.717) is 55.3 Å². The van der Waals surface area contributed by atoms with Crippen LogP contribution in [0.1, 0.15) is 28.5 Å². The van der Waals surface area contributed by atoms with E-state index in [4.69, 9.17) is 9.47 Å². The molecule has 1 saturated heterocycles. The van der Waals surface area contributed by atoms with Gasteiger partial charge in [0.25, 0.3) is 5.78 Å². The predicted molar refractivity (Wildman–Crippen MR) is 105 cm³/mol. The number of hydrogen-bond donors (Lipinski definition) is 0. The van der Waals surface area contributed by atoms with Gasteiger partial charge >= 0.3 is 5.97 Å². The minimum absolute atomic E-state index is 0.0656. The highest BCUT2D eigenvalue weighted by molar-refractivity contribution is 7.89. The number of esters is 1. The minimum atomic E-state index is -3.62. The van der Waals surface area contributed by atoms with Crippen LogP contribution in [-0.4, -0.2) is 64.6 Å². The first-order valence-electron chi connectivity index (χ1n) is 9.52. The molecular formula is C19H21N5O5S. The number of carbonyl (C=O) groups excluding carboxylic acids is 1. The summed E-state index contributed by atoms with van der Waals surface area (Å²) in [6.45, 7) is 3.22. The molecule has 0 unspecified atom stereocenters. The lowest BCUT2D eigenvalue weighted by Crippen LogP contribution is -2.40. The molecule has 1 aromatic carbocycles. The summed E-state index contributed by atoms with van der Waals surface area (Å²) in [5.41, 5.74) is 1.52. The van der Waals surface area contributed by atoms with Crippen molar-refractivity contribution in [3.63, 3.8) is 0 Å². The Morgan fingerprint density at radius 3 is 2.80 bits per heavy atom. The van der Waals surface area contributed by atoms with Crippen molar-refractivity contribution in [2.24, 2.45) is 0 Å². The maximum absolute atomic E-state index is 12.8. The van der Waals surface area contributed by atoms with E-state index in [1.165, 1.54) is 33.5 Å². The molecule has 1 aliphatic heterocycles. The van der Waals surface area contributed by atoms with Gasteiger partial charge < -0.3 is 9.47 Å². The van der Waals surface area contributed by atoms with Gasteiger partial charge in [0, 0.05) is 19.3 Å². The molecule has 0 saturated carbocycles. The molecule has 0 bridgehead atoms. The molecule has 0 spiro atoms. The topological polar surface area (TPSA) is 116 Å². The van der Waals surface area contributed by atoms with Crippen LogP contribution >= 0.6 is 0 Å². The monoisotopic (exact) mass is 431 g/mol. The van der Waals surface area contributed by atoms with E-state index in [0.717, 1.165) is 0 Å². The van der Waals surface area contributed by atoms with Gasteiger partial charge in [0.2, 0.25) is 10.0 Å². The highest BCUT2D eigenvalue weighted by Gasteiger charge is 2.26. The van der Waals surface area contributed by atoms with Crippen LogP contribution in [0.3, 0.4) is 0 Å². The molecular weight excluding hydrogens is 410 g/mol. The van der Waals surface area contributed by atoms with Crippen molar-refractivity contribution in [1.29, 1.82) is 0 Å². The zero-order valence-electron chi connectivity index (χ0n) is 16.4. The van der Waals surface area contributed by atoms with Crippen LogP contribution in [0.5, 0.6) is 0 Å². The minimum Gasteiger partial charge on any atom is -0.457 e. The molecule has 2 aromatic heterocycles. The highest BCUT2D eigenvalue weighted by Crippen LogP contribution is 2.19. The van der Waals surface area contributed by atoms with E-state index in [1.54, 1.807) is 12.1 Å². The maximum atomic E-state index is 12.8. The number of fused-ring (bicyclic) bond motifs is 1. The average Bonchev–Trinajstić information content (AvgIpc) is 3.26. The van der Waals surface area contributed by atoms with Crippen LogP contribution in [-0.2, 0) is 32.5 Å². The van der Waals surface area contributed by atoms with Gasteiger partial charge in [-0.05, 0) is 24.1 Å². The van der Waals surface area contributed by atoms with Gasteiger partial charge in [-0.3, -0.25) is 0 Å². The van der Waals surface area contributed by atoms with Crippen LogP contribution in [0, 0.1) is 0 Å². The Morgan fingerprint density at radius 2 is 2.03 bits per heavy atom. The molecule has 1 fully saturated rings. The molecule has 3 aromatic rings. The smallest absolute Gasteiger partial charge is 0.341 e. The molecule has 158 valence electrons. The van der Waals surface area contributed by atoms with E-state index in [9.17, 15) is 13.2 Å². The van der Waals surface area contributed by atoms with E-state index < -0.39 is 16.0 Å². The van der Waals surface area contributed by atoms with Crippen LogP contribution in [0.15, 0.2) is 41.7 Å². The fourth-order valence-electron chi connectivity index (χ4n) is 3.29. The quantitative estimate of drug-likeness (QED) is 0.532. The van der Waals surface area contributed by atoms with E-state index in [-0.39, 0.29) is 11.5 Å². The molecule has 1 aliphatic rings. The van der Waals surface area contributed by atoms with Crippen molar-refractivity contribution >= 4 is 21.8 Å². The second kappa shape index (κ2) is 8.46. The Bertz CT molecular complexity index is 1170. The molecule has 10 nitrogen and oxygen atoms in total. The standard InChI is InChI=1S/C19H21N5O5S/c1-2-17-16(11-20-19-21-13-22-24(17)19)18(25)29-12-14-4-3-5-15(10-14)30(26,27)23-6-8-28-9-7-23/h3-5,10-11,13H,2,6-9,12H2,1H3. The van der Waals surface area contributed by atoms with Crippen molar-refractivity contribution in [3.05, 3.63) is 53.6 Å². The van der Waals surface area contributed by atoms with Gasteiger partial charge in [0.05, 0.1) is 29.4 Å². The summed E-state index contributed by atoms with van der Waals surface area (Å²) in [7, 11) is -3.62. The number of carbonyl (C=O) groups is 1. The second-order valence-electron chi connectivity index (χ2n) is 6.68. The van der Waals surface area contributed by atoms with Crippen LogP contribution in [0.2, 0.25) is 0 Å². The number of morpholine rings is 1. The lowest BCUT2D eigenvalue weighted by Gasteiger charge is -2.26. The summed E-state index contributed by atoms with van der Waals surface area (Å²) < 4.78 is 39.2. The van der Waals surface area contributed by atoms with Gasteiger partial charge in [-0.2, -0.15) is 14.4 Å². The number of rotatable bonds is 6. The fourth-order valence-corrected chi connectivity index (χ4v) is 4.77. The number of benzene rings is 1. The molecule has 30 heavy (non-hydrogen) atoms. The summed E-state index contributed by atoms with van der Waals surface area (Å²) in [6.07, 6.45) is 3.33. The SMILES string of the molecule is CCc1c(C(=O)OCc2cccc(S(=O)(=O)N3CCOCC3)c2)cnc2ncnn12. The average molecular weight is 431 g/mol. The van der Waals surface area contributed by atoms with E-state index in [2.05, 4.69) is 15.1 Å². The predicted octanol–water partition coefficient (Wildman–Crippen LogP) is 1.06. The lowest BCUT2D eigenvalue weighted by atomic mass is 10.2. The van der Waals surface area contributed by atoms with Crippen molar-refractivity contribution < 1.29 is 22.7 Å². The Labute approximate surface area is 173 Å². The first kappa shape index (κ1) is 20.4.